The number of halogens is 4. The Labute approximate surface area is 196 Å². The van der Waals surface area contributed by atoms with Crippen LogP contribution in [0.2, 0.25) is 5.02 Å². The van der Waals surface area contributed by atoms with Crippen LogP contribution in [0.15, 0.2) is 36.4 Å². The highest BCUT2D eigenvalue weighted by Crippen LogP contribution is 2.60. The summed E-state index contributed by atoms with van der Waals surface area (Å²) < 4.78 is 36.5. The number of rotatable bonds is 0. The Morgan fingerprint density at radius 1 is 1.12 bits per heavy atom. The lowest BCUT2D eigenvalue weighted by Gasteiger charge is -2.50. The number of hydrogen-bond donors (Lipinski definition) is 2. The van der Waals surface area contributed by atoms with Crippen molar-refractivity contribution in [3.05, 3.63) is 63.7 Å². The first-order valence-electron chi connectivity index (χ1n) is 11.3. The fourth-order valence-corrected chi connectivity index (χ4v) is 6.65. The van der Waals surface area contributed by atoms with Gasteiger partial charge in [-0.05, 0) is 97.1 Å². The van der Waals surface area contributed by atoms with Gasteiger partial charge in [0, 0.05) is 0 Å². The summed E-state index contributed by atoms with van der Waals surface area (Å²) in [4.78, 5) is 0. The monoisotopic (exact) mass is 477 g/mol. The molecule has 2 aromatic rings. The molecule has 0 amide bonds. The quantitative estimate of drug-likeness (QED) is 0.436. The van der Waals surface area contributed by atoms with Crippen molar-refractivity contribution in [2.24, 2.45) is 17.3 Å². The van der Waals surface area contributed by atoms with Crippen molar-refractivity contribution in [3.8, 4) is 11.8 Å². The normalized spacial score (nSPS) is 30.2. The standard InChI is InChI=1S/C18H24O2.C8H3ClF3N/c1-18-9-8-14-13-5-3-12(19)10-11(13)2-4-15(14)16(18)6-7-17(18)20;9-7-5(4-13)2-1-3-6(7)8(10,11)12/h3,5,10,14-17,19-20H,2,4,6-9H2,1H3;1-3H/t14-,15-,16+,17+,18+;/m1./s1. The maximum atomic E-state index is 12.2. The highest BCUT2D eigenvalue weighted by Gasteiger charge is 2.54. The number of hydrogen-bond acceptors (Lipinski definition) is 3. The molecular weight excluding hydrogens is 451 g/mol. The second-order valence-corrected chi connectivity index (χ2v) is 10.1. The van der Waals surface area contributed by atoms with E-state index in [1.165, 1.54) is 36.5 Å². The molecule has 0 aliphatic heterocycles. The molecule has 7 heteroatoms. The number of aliphatic hydroxyl groups is 1. The topological polar surface area (TPSA) is 64.2 Å². The molecule has 0 unspecified atom stereocenters. The Hall–Kier alpha value is -2.23. The molecule has 3 nitrogen and oxygen atoms in total. The van der Waals surface area contributed by atoms with Crippen molar-refractivity contribution < 1.29 is 23.4 Å². The number of aliphatic hydroxyl groups excluding tert-OH is 1. The molecule has 176 valence electrons. The summed E-state index contributed by atoms with van der Waals surface area (Å²) in [6, 6.07) is 10.7. The van der Waals surface area contributed by atoms with Gasteiger partial charge in [0.2, 0.25) is 0 Å². The van der Waals surface area contributed by atoms with Gasteiger partial charge in [0.05, 0.1) is 22.3 Å². The van der Waals surface area contributed by atoms with Crippen LogP contribution in [-0.4, -0.2) is 16.3 Å². The van der Waals surface area contributed by atoms with Crippen molar-refractivity contribution in [1.82, 2.24) is 0 Å². The SMILES string of the molecule is C[C@]12CC[C@@H]3c4ccc(O)cc4CC[C@H]3[C@@H]1CC[C@@H]2O.N#Cc1cccc(C(F)(F)F)c1Cl. The second-order valence-electron chi connectivity index (χ2n) is 9.71. The molecule has 2 saturated carbocycles. The van der Waals surface area contributed by atoms with Crippen LogP contribution in [0.1, 0.15) is 67.2 Å². The molecule has 0 bridgehead atoms. The molecule has 2 fully saturated rings. The van der Waals surface area contributed by atoms with Gasteiger partial charge in [0.25, 0.3) is 0 Å². The van der Waals surface area contributed by atoms with E-state index in [0.717, 1.165) is 37.3 Å². The van der Waals surface area contributed by atoms with Gasteiger partial charge in [-0.15, -0.1) is 0 Å². The Morgan fingerprint density at radius 2 is 1.88 bits per heavy atom. The van der Waals surface area contributed by atoms with Gasteiger partial charge in [0.15, 0.2) is 0 Å². The zero-order chi connectivity index (χ0) is 24.0. The van der Waals surface area contributed by atoms with Gasteiger partial charge in [-0.1, -0.05) is 30.7 Å². The second kappa shape index (κ2) is 8.85. The number of benzene rings is 2. The van der Waals surface area contributed by atoms with Crippen LogP contribution in [0.5, 0.6) is 5.75 Å². The van der Waals surface area contributed by atoms with E-state index in [9.17, 15) is 23.4 Å². The van der Waals surface area contributed by atoms with Crippen LogP contribution in [0.4, 0.5) is 13.2 Å². The minimum Gasteiger partial charge on any atom is -0.508 e. The Morgan fingerprint density at radius 3 is 2.58 bits per heavy atom. The smallest absolute Gasteiger partial charge is 0.417 e. The van der Waals surface area contributed by atoms with E-state index in [2.05, 4.69) is 13.0 Å². The number of nitriles is 1. The Balaban J connectivity index is 0.000000174. The average Bonchev–Trinajstić information content (AvgIpc) is 3.08. The van der Waals surface area contributed by atoms with E-state index < -0.39 is 16.8 Å². The number of nitrogens with zero attached hydrogens (tertiary/aromatic N) is 1. The summed E-state index contributed by atoms with van der Waals surface area (Å²) in [7, 11) is 0. The molecule has 3 aliphatic carbocycles. The molecular formula is C26H27ClF3NO2. The number of phenols is 1. The van der Waals surface area contributed by atoms with Gasteiger partial charge in [-0.3, -0.25) is 0 Å². The van der Waals surface area contributed by atoms with E-state index in [1.807, 2.05) is 12.1 Å². The maximum absolute atomic E-state index is 12.2. The third-order valence-corrected chi connectivity index (χ3v) is 8.49. The number of aryl methyl sites for hydroxylation is 1. The average molecular weight is 478 g/mol. The van der Waals surface area contributed by atoms with Crippen molar-refractivity contribution in [3.63, 3.8) is 0 Å². The highest BCUT2D eigenvalue weighted by atomic mass is 35.5. The molecule has 0 heterocycles. The van der Waals surface area contributed by atoms with Crippen molar-refractivity contribution in [2.45, 2.75) is 63.6 Å². The first-order chi connectivity index (χ1) is 15.6. The highest BCUT2D eigenvalue weighted by molar-refractivity contribution is 6.32. The summed E-state index contributed by atoms with van der Waals surface area (Å²) in [5.41, 5.74) is 1.84. The van der Waals surface area contributed by atoms with Gasteiger partial charge in [-0.2, -0.15) is 18.4 Å². The first kappa shape index (κ1) is 23.9. The van der Waals surface area contributed by atoms with Crippen molar-refractivity contribution in [1.29, 1.82) is 5.26 Å². The van der Waals surface area contributed by atoms with Gasteiger partial charge >= 0.3 is 6.18 Å². The molecule has 2 aromatic carbocycles. The molecule has 0 spiro atoms. The molecule has 5 atom stereocenters. The largest absolute Gasteiger partial charge is 0.508 e. The zero-order valence-electron chi connectivity index (χ0n) is 18.4. The Kier molecular flexibility index (Phi) is 6.41. The molecule has 0 aromatic heterocycles. The van der Waals surface area contributed by atoms with Crippen molar-refractivity contribution >= 4 is 11.6 Å². The fourth-order valence-electron chi connectivity index (χ4n) is 6.38. The molecule has 5 rings (SSSR count). The maximum Gasteiger partial charge on any atom is 0.417 e. The number of phenolic OH excluding ortho intramolecular Hbond substituents is 1. The van der Waals surface area contributed by atoms with Crippen LogP contribution in [0.25, 0.3) is 0 Å². The van der Waals surface area contributed by atoms with Crippen LogP contribution in [-0.2, 0) is 12.6 Å². The van der Waals surface area contributed by atoms with E-state index in [1.54, 1.807) is 6.07 Å². The summed E-state index contributed by atoms with van der Waals surface area (Å²) in [6.07, 6.45) is 2.27. The third-order valence-electron chi connectivity index (χ3n) is 8.08. The fraction of sp³-hybridized carbons (Fsp3) is 0.500. The summed E-state index contributed by atoms with van der Waals surface area (Å²) in [5.74, 6) is 2.49. The Bertz CT molecular complexity index is 1080. The first-order valence-corrected chi connectivity index (χ1v) is 11.7. The lowest BCUT2D eigenvalue weighted by atomic mass is 9.55. The number of fused-ring (bicyclic) bond motifs is 5. The van der Waals surface area contributed by atoms with Gasteiger partial charge in [0.1, 0.15) is 11.8 Å². The van der Waals surface area contributed by atoms with Crippen molar-refractivity contribution in [2.75, 3.05) is 0 Å². The van der Waals surface area contributed by atoms with Gasteiger partial charge in [-0.25, -0.2) is 0 Å². The van der Waals surface area contributed by atoms with Crippen LogP contribution >= 0.6 is 11.6 Å². The van der Waals surface area contributed by atoms with Crippen LogP contribution in [0.3, 0.4) is 0 Å². The summed E-state index contributed by atoms with van der Waals surface area (Å²) in [5, 5.41) is 27.9. The van der Waals surface area contributed by atoms with E-state index in [-0.39, 0.29) is 17.1 Å². The molecule has 3 aliphatic rings. The molecule has 2 N–H and O–H groups in total. The van der Waals surface area contributed by atoms with E-state index in [4.69, 9.17) is 16.9 Å². The molecule has 33 heavy (non-hydrogen) atoms. The van der Waals surface area contributed by atoms with E-state index in [0.29, 0.717) is 17.6 Å². The van der Waals surface area contributed by atoms with Crippen LogP contribution < -0.4 is 0 Å². The lowest BCUT2D eigenvalue weighted by Crippen LogP contribution is -2.43. The zero-order valence-corrected chi connectivity index (χ0v) is 19.1. The predicted molar refractivity (Wildman–Crippen MR) is 120 cm³/mol. The minimum atomic E-state index is -4.51. The summed E-state index contributed by atoms with van der Waals surface area (Å²) in [6.45, 7) is 2.32. The number of aromatic hydroxyl groups is 1. The lowest BCUT2D eigenvalue weighted by molar-refractivity contribution is -0.137. The minimum absolute atomic E-state index is 0.0883. The van der Waals surface area contributed by atoms with E-state index >= 15 is 0 Å². The van der Waals surface area contributed by atoms with Crippen LogP contribution in [0, 0.1) is 28.6 Å². The molecule has 0 saturated heterocycles. The summed E-state index contributed by atoms with van der Waals surface area (Å²) >= 11 is 5.35. The molecule has 0 radical (unpaired) electrons. The predicted octanol–water partition coefficient (Wildman–Crippen LogP) is 6.84. The third kappa shape index (κ3) is 4.34. The number of alkyl halides is 3. The van der Waals surface area contributed by atoms with Gasteiger partial charge < -0.3 is 10.2 Å².